The Morgan fingerprint density at radius 3 is 2.08 bits per heavy atom. The fraction of sp³-hybridized carbons (Fsp3) is 0.968. The van der Waals surface area contributed by atoms with Crippen molar-refractivity contribution in [3.63, 3.8) is 0 Å². The highest BCUT2D eigenvalue weighted by atomic mass is 16.5. The van der Waals surface area contributed by atoms with Gasteiger partial charge in [0.1, 0.15) is 0 Å². The molecule has 5 fully saturated rings. The van der Waals surface area contributed by atoms with Crippen LogP contribution in [0.2, 0.25) is 0 Å². The minimum absolute atomic E-state index is 0.0387. The Morgan fingerprint density at radius 2 is 1.44 bits per heavy atom. The Hall–Kier alpha value is -0.650. The minimum atomic E-state index is -0.920. The van der Waals surface area contributed by atoms with E-state index in [1.807, 2.05) is 0 Å². The number of ether oxygens (including phenoxy) is 1. The molecule has 3 N–H and O–H groups in total. The molecule has 2 unspecified atom stereocenters. The van der Waals surface area contributed by atoms with Crippen LogP contribution in [0.3, 0.4) is 0 Å². The standard InChI is InChI=1S/C31H52O5/c1-26(2)13-14-31(25(35)36-8)18(16-26)24-19(32)15-21-28(5)11-10-22(33)27(3,4)20(28)9-12-29(21,6)30(24,7)17-23(31)34/h18-24,32-34H,9-17H2,1-8H3/t18-,19?,20-,21+,22-,23+,24?,28-,29+,30+,31+/m0/s1. The van der Waals surface area contributed by atoms with E-state index in [1.165, 1.54) is 7.11 Å². The number of carbonyl (C=O) groups excluding carboxylic acids is 1. The summed E-state index contributed by atoms with van der Waals surface area (Å²) in [6.45, 7) is 16.2. The summed E-state index contributed by atoms with van der Waals surface area (Å²) >= 11 is 0. The molecule has 5 aliphatic rings. The molecular weight excluding hydrogens is 452 g/mol. The van der Waals surface area contributed by atoms with E-state index >= 15 is 0 Å². The van der Waals surface area contributed by atoms with E-state index in [0.717, 1.165) is 44.9 Å². The van der Waals surface area contributed by atoms with Crippen LogP contribution in [0, 0.1) is 56.2 Å². The Morgan fingerprint density at radius 1 is 0.778 bits per heavy atom. The molecule has 206 valence electrons. The van der Waals surface area contributed by atoms with Crippen LogP contribution in [0.15, 0.2) is 0 Å². The van der Waals surface area contributed by atoms with Crippen LogP contribution in [-0.4, -0.2) is 46.7 Å². The van der Waals surface area contributed by atoms with Crippen molar-refractivity contribution >= 4 is 5.97 Å². The van der Waals surface area contributed by atoms with E-state index in [-0.39, 0.29) is 51.0 Å². The second kappa shape index (κ2) is 7.94. The average Bonchev–Trinajstić information content (AvgIpc) is 2.77. The first-order chi connectivity index (χ1) is 16.5. The largest absolute Gasteiger partial charge is 0.469 e. The van der Waals surface area contributed by atoms with E-state index in [4.69, 9.17) is 4.74 Å². The first kappa shape index (κ1) is 26.9. The molecule has 0 saturated heterocycles. The third-order valence-corrected chi connectivity index (χ3v) is 13.8. The second-order valence-corrected chi connectivity index (χ2v) is 15.9. The number of aliphatic hydroxyl groups is 3. The Labute approximate surface area is 218 Å². The smallest absolute Gasteiger partial charge is 0.314 e. The molecule has 0 aromatic heterocycles. The zero-order valence-electron chi connectivity index (χ0n) is 24.1. The van der Waals surface area contributed by atoms with E-state index in [0.29, 0.717) is 24.7 Å². The maximum atomic E-state index is 13.4. The lowest BCUT2D eigenvalue weighted by Crippen LogP contribution is -2.73. The summed E-state index contributed by atoms with van der Waals surface area (Å²) in [5.41, 5.74) is -1.29. The van der Waals surface area contributed by atoms with Gasteiger partial charge in [0.25, 0.3) is 0 Å². The molecule has 0 heterocycles. The fourth-order valence-corrected chi connectivity index (χ4v) is 11.7. The van der Waals surface area contributed by atoms with Crippen molar-refractivity contribution in [3.8, 4) is 0 Å². The van der Waals surface area contributed by atoms with Crippen LogP contribution in [0.5, 0.6) is 0 Å². The van der Waals surface area contributed by atoms with Crippen LogP contribution in [-0.2, 0) is 9.53 Å². The van der Waals surface area contributed by atoms with Gasteiger partial charge < -0.3 is 20.1 Å². The summed E-state index contributed by atoms with van der Waals surface area (Å²) in [6.07, 6.45) is 6.00. The lowest BCUT2D eigenvalue weighted by molar-refractivity contribution is -0.294. The van der Waals surface area contributed by atoms with Crippen molar-refractivity contribution in [2.24, 2.45) is 56.2 Å². The van der Waals surface area contributed by atoms with Crippen LogP contribution in [0.4, 0.5) is 0 Å². The van der Waals surface area contributed by atoms with Crippen molar-refractivity contribution in [1.29, 1.82) is 0 Å². The molecular formula is C31H52O5. The SMILES string of the molecule is COC(=O)[C@]12CCC(C)(C)C[C@H]1C1C(O)C[C@@H]3[C@@]4(C)CC[C@H](O)C(C)(C)[C@@H]4CC[C@@]3(C)[C@]1(C)C[C@H]2O. The van der Waals surface area contributed by atoms with Crippen molar-refractivity contribution in [2.75, 3.05) is 7.11 Å². The van der Waals surface area contributed by atoms with Crippen LogP contribution in [0.1, 0.15) is 106 Å². The highest BCUT2D eigenvalue weighted by molar-refractivity contribution is 5.78. The molecule has 0 bridgehead atoms. The molecule has 0 amide bonds. The molecule has 5 aliphatic carbocycles. The topological polar surface area (TPSA) is 87.0 Å². The number of fused-ring (bicyclic) bond motifs is 7. The third kappa shape index (κ3) is 3.14. The number of hydrogen-bond donors (Lipinski definition) is 3. The fourth-order valence-electron chi connectivity index (χ4n) is 11.7. The molecule has 0 radical (unpaired) electrons. The molecule has 5 nitrogen and oxygen atoms in total. The molecule has 0 aromatic carbocycles. The monoisotopic (exact) mass is 504 g/mol. The average molecular weight is 505 g/mol. The lowest BCUT2D eigenvalue weighted by Gasteiger charge is -2.74. The van der Waals surface area contributed by atoms with Gasteiger partial charge in [0, 0.05) is 0 Å². The molecule has 36 heavy (non-hydrogen) atoms. The summed E-state index contributed by atoms with van der Waals surface area (Å²) in [7, 11) is 1.45. The summed E-state index contributed by atoms with van der Waals surface area (Å²) in [6, 6.07) is 0. The van der Waals surface area contributed by atoms with E-state index in [1.54, 1.807) is 0 Å². The van der Waals surface area contributed by atoms with Crippen molar-refractivity contribution < 1.29 is 24.9 Å². The summed E-state index contributed by atoms with van der Waals surface area (Å²) < 4.78 is 5.38. The quantitative estimate of drug-likeness (QED) is 0.420. The van der Waals surface area contributed by atoms with Crippen LogP contribution in [0.25, 0.3) is 0 Å². The van der Waals surface area contributed by atoms with Gasteiger partial charge in [0.15, 0.2) is 0 Å². The van der Waals surface area contributed by atoms with Gasteiger partial charge in [0.05, 0.1) is 30.8 Å². The molecule has 5 heteroatoms. The maximum Gasteiger partial charge on any atom is 0.314 e. The van der Waals surface area contributed by atoms with Gasteiger partial charge >= 0.3 is 5.97 Å². The summed E-state index contributed by atoms with van der Waals surface area (Å²) in [5, 5.41) is 34.9. The van der Waals surface area contributed by atoms with Gasteiger partial charge in [-0.05, 0) is 109 Å². The third-order valence-electron chi connectivity index (χ3n) is 13.8. The molecule has 5 rings (SSSR count). The number of carbonyl (C=O) groups is 1. The zero-order valence-corrected chi connectivity index (χ0v) is 24.1. The number of hydrogen-bond acceptors (Lipinski definition) is 5. The molecule has 5 saturated carbocycles. The number of rotatable bonds is 1. The van der Waals surface area contributed by atoms with Gasteiger partial charge in [-0.3, -0.25) is 4.79 Å². The Kier molecular flexibility index (Phi) is 5.94. The molecule has 11 atom stereocenters. The minimum Gasteiger partial charge on any atom is -0.469 e. The Bertz CT molecular complexity index is 913. The van der Waals surface area contributed by atoms with E-state index < -0.39 is 17.6 Å². The van der Waals surface area contributed by atoms with E-state index in [9.17, 15) is 20.1 Å². The van der Waals surface area contributed by atoms with Crippen molar-refractivity contribution in [2.45, 2.75) is 125 Å². The van der Waals surface area contributed by atoms with Gasteiger partial charge in [-0.1, -0.05) is 48.5 Å². The van der Waals surface area contributed by atoms with Crippen molar-refractivity contribution in [3.05, 3.63) is 0 Å². The lowest BCUT2D eigenvalue weighted by atomic mass is 9.30. The van der Waals surface area contributed by atoms with Gasteiger partial charge in [-0.25, -0.2) is 0 Å². The van der Waals surface area contributed by atoms with Crippen LogP contribution >= 0.6 is 0 Å². The molecule has 0 aliphatic heterocycles. The number of aliphatic hydroxyl groups excluding tert-OH is 3. The Balaban J connectivity index is 1.62. The van der Waals surface area contributed by atoms with Crippen molar-refractivity contribution in [1.82, 2.24) is 0 Å². The first-order valence-corrected chi connectivity index (χ1v) is 14.6. The highest BCUT2D eigenvalue weighted by Gasteiger charge is 2.74. The molecule has 0 spiro atoms. The predicted molar refractivity (Wildman–Crippen MR) is 140 cm³/mol. The zero-order chi connectivity index (χ0) is 26.7. The molecule has 0 aromatic rings. The number of methoxy groups -OCH3 is 1. The van der Waals surface area contributed by atoms with Crippen LogP contribution < -0.4 is 0 Å². The second-order valence-electron chi connectivity index (χ2n) is 15.9. The van der Waals surface area contributed by atoms with Gasteiger partial charge in [-0.15, -0.1) is 0 Å². The van der Waals surface area contributed by atoms with E-state index in [2.05, 4.69) is 48.5 Å². The highest BCUT2D eigenvalue weighted by Crippen LogP contribution is 2.77. The summed E-state index contributed by atoms with van der Waals surface area (Å²) in [4.78, 5) is 13.4. The number of esters is 1. The maximum absolute atomic E-state index is 13.4. The first-order valence-electron chi connectivity index (χ1n) is 14.6. The van der Waals surface area contributed by atoms with Gasteiger partial charge in [-0.2, -0.15) is 0 Å². The van der Waals surface area contributed by atoms with Gasteiger partial charge in [0.2, 0.25) is 0 Å². The predicted octanol–water partition coefficient (Wildman–Crippen LogP) is 5.34. The normalized spacial score (nSPS) is 55.4. The summed E-state index contributed by atoms with van der Waals surface area (Å²) in [5.74, 6) is 0.320.